The summed E-state index contributed by atoms with van der Waals surface area (Å²) in [5.41, 5.74) is 7.58. The summed E-state index contributed by atoms with van der Waals surface area (Å²) in [5.74, 6) is -2.63. The van der Waals surface area contributed by atoms with Crippen molar-refractivity contribution in [1.29, 1.82) is 0 Å². The van der Waals surface area contributed by atoms with E-state index < -0.39 is 42.2 Å². The number of rotatable bonds is 18. The van der Waals surface area contributed by atoms with E-state index in [0.29, 0.717) is 48.6 Å². The number of primary amides is 1. The van der Waals surface area contributed by atoms with Gasteiger partial charge in [-0.3, -0.25) is 33.7 Å². The Morgan fingerprint density at radius 2 is 1.85 bits per heavy atom. The van der Waals surface area contributed by atoms with Crippen LogP contribution in [0.4, 0.5) is 24.7 Å². The van der Waals surface area contributed by atoms with Gasteiger partial charge in [0.1, 0.15) is 24.7 Å². The number of oxazole rings is 2. The molecule has 5 heterocycles. The largest absolute Gasteiger partial charge is 0.444 e. The number of hydrogen-bond donors (Lipinski definition) is 5. The molecule has 2 aliphatic rings. The van der Waals surface area contributed by atoms with E-state index in [-0.39, 0.29) is 53.6 Å². The molecule has 1 aliphatic heterocycles. The van der Waals surface area contributed by atoms with Crippen LogP contribution in [-0.2, 0) is 20.7 Å². The van der Waals surface area contributed by atoms with Crippen LogP contribution in [0.5, 0.6) is 0 Å². The highest BCUT2D eigenvalue weighted by molar-refractivity contribution is 6.07. The van der Waals surface area contributed by atoms with Crippen molar-refractivity contribution >= 4 is 46.2 Å². The monoisotopic (exact) mass is 850 g/mol. The fourth-order valence-electron chi connectivity index (χ4n) is 7.62. The second-order valence-electron chi connectivity index (χ2n) is 15.0. The van der Waals surface area contributed by atoms with Gasteiger partial charge in [-0.1, -0.05) is 12.1 Å². The minimum Gasteiger partial charge on any atom is -0.444 e. The topological polar surface area (TPSA) is 244 Å². The molecule has 0 radical (unpaired) electrons. The molecule has 1 saturated heterocycles. The second kappa shape index (κ2) is 18.9. The predicted molar refractivity (Wildman–Crippen MR) is 212 cm³/mol. The molecule has 5 aromatic rings. The number of ether oxygens (including phenoxy) is 1. The van der Waals surface area contributed by atoms with Gasteiger partial charge in [-0.25, -0.2) is 14.8 Å². The van der Waals surface area contributed by atoms with Crippen LogP contribution in [0.1, 0.15) is 90.0 Å². The molecule has 1 atom stereocenters. The van der Waals surface area contributed by atoms with Gasteiger partial charge in [0.25, 0.3) is 11.8 Å². The van der Waals surface area contributed by atoms with Crippen LogP contribution in [0.3, 0.4) is 0 Å². The highest BCUT2D eigenvalue weighted by Crippen LogP contribution is 2.33. The molecule has 6 N–H and O–H groups in total. The first-order chi connectivity index (χ1) is 29.3. The van der Waals surface area contributed by atoms with Crippen LogP contribution in [-0.4, -0.2) is 87.0 Å². The standard InChI is InChI=1S/C40H45F3N10O8/c41-40(42,43)22-47-31-18-25(13-15-46-31)38-49-28(21-60-38)36(56)48-27-20-52(51-33(27)35(44)55)26-9-7-23(8-10-26)19-45-14-3-17-59-16-2-5-24-4-1-6-29-34(24)61-39(58)53(29)30-11-12-32(54)50-37(30)57/h1,4,6,13,15,18,20-21,23,26,30,45H,2-3,5,7-12,14,16-17,19,22H2,(H2,44,55)(H,46,47)(H,48,56)(H,50,54,57). The molecule has 324 valence electrons. The number of nitrogens with two attached hydrogens (primary N) is 1. The number of aryl methyl sites for hydroxylation is 1. The SMILES string of the molecule is NC(=O)c1nn(C2CCC(CNCCCOCCCc3cccc4c3oc(=O)n4C3CCC(=O)NC3=O)CC2)cc1NC(=O)c1coc(-c2ccnc(NCC(F)(F)F)c2)n1. The van der Waals surface area contributed by atoms with Gasteiger partial charge < -0.3 is 35.3 Å². The highest BCUT2D eigenvalue weighted by atomic mass is 19.4. The van der Waals surface area contributed by atoms with Crippen molar-refractivity contribution in [3.63, 3.8) is 0 Å². The maximum absolute atomic E-state index is 13.1. The summed E-state index contributed by atoms with van der Waals surface area (Å²) in [7, 11) is 0. The molecule has 0 spiro atoms. The number of halogens is 3. The van der Waals surface area contributed by atoms with Gasteiger partial charge in [0.05, 0.1) is 17.2 Å². The Bertz CT molecular complexity index is 2430. The highest BCUT2D eigenvalue weighted by Gasteiger charge is 2.32. The van der Waals surface area contributed by atoms with Crippen molar-refractivity contribution in [3.05, 3.63) is 76.5 Å². The number of imide groups is 1. The molecule has 4 amide bonds. The lowest BCUT2D eigenvalue weighted by atomic mass is 9.86. The zero-order valence-corrected chi connectivity index (χ0v) is 33.0. The van der Waals surface area contributed by atoms with E-state index in [1.165, 1.54) is 22.9 Å². The number of hydrogen-bond acceptors (Lipinski definition) is 13. The van der Waals surface area contributed by atoms with E-state index in [9.17, 15) is 37.1 Å². The normalized spacial score (nSPS) is 18.3. The first-order valence-electron chi connectivity index (χ1n) is 20.0. The van der Waals surface area contributed by atoms with Crippen LogP contribution in [0, 0.1) is 5.92 Å². The van der Waals surface area contributed by atoms with Gasteiger partial charge in [-0.15, -0.1) is 0 Å². The fourth-order valence-corrected chi connectivity index (χ4v) is 7.62. The Labute approximate surface area is 345 Å². The molecular formula is C40H45F3N10O8. The van der Waals surface area contributed by atoms with Crippen LogP contribution < -0.4 is 32.8 Å². The van der Waals surface area contributed by atoms with Crippen LogP contribution >= 0.6 is 0 Å². The molecule has 61 heavy (non-hydrogen) atoms. The minimum atomic E-state index is -4.44. The third-order valence-corrected chi connectivity index (χ3v) is 10.7. The predicted octanol–water partition coefficient (Wildman–Crippen LogP) is 4.50. The maximum Gasteiger partial charge on any atom is 0.420 e. The molecule has 4 aromatic heterocycles. The summed E-state index contributed by atoms with van der Waals surface area (Å²) in [6, 6.07) is 7.42. The van der Waals surface area contributed by atoms with E-state index in [2.05, 4.69) is 36.3 Å². The molecule has 21 heteroatoms. The first kappa shape index (κ1) is 42.8. The van der Waals surface area contributed by atoms with Gasteiger partial charge >= 0.3 is 11.9 Å². The van der Waals surface area contributed by atoms with Crippen molar-refractivity contribution in [2.75, 3.05) is 43.5 Å². The molecule has 2 fully saturated rings. The molecule has 1 aliphatic carbocycles. The van der Waals surface area contributed by atoms with Gasteiger partial charge in [0.2, 0.25) is 17.7 Å². The van der Waals surface area contributed by atoms with Crippen LogP contribution in [0.15, 0.2) is 62.6 Å². The van der Waals surface area contributed by atoms with Crippen molar-refractivity contribution in [2.24, 2.45) is 11.7 Å². The van der Waals surface area contributed by atoms with E-state index in [1.807, 2.05) is 12.1 Å². The minimum absolute atomic E-state index is 0.00725. The lowest BCUT2D eigenvalue weighted by Crippen LogP contribution is -2.43. The van der Waals surface area contributed by atoms with Gasteiger partial charge in [-0.05, 0) is 94.1 Å². The van der Waals surface area contributed by atoms with E-state index in [1.54, 1.807) is 16.9 Å². The van der Waals surface area contributed by atoms with E-state index in [0.717, 1.165) is 57.0 Å². The van der Waals surface area contributed by atoms with E-state index in [4.69, 9.17) is 19.3 Å². The van der Waals surface area contributed by atoms with Crippen LogP contribution in [0.2, 0.25) is 0 Å². The fraction of sp³-hybridized carbons (Fsp3) is 0.450. The molecule has 7 rings (SSSR count). The number of piperidine rings is 1. The summed E-state index contributed by atoms with van der Waals surface area (Å²) in [5, 5.41) is 15.0. The lowest BCUT2D eigenvalue weighted by molar-refractivity contribution is -0.135. The Kier molecular flexibility index (Phi) is 13.3. The summed E-state index contributed by atoms with van der Waals surface area (Å²) < 4.78 is 57.6. The molecule has 18 nitrogen and oxygen atoms in total. The number of nitrogens with zero attached hydrogens (tertiary/aromatic N) is 5. The number of para-hydroxylation sites is 1. The third kappa shape index (κ3) is 10.7. The Hall–Kier alpha value is -6.35. The van der Waals surface area contributed by atoms with Gasteiger partial charge in [0.15, 0.2) is 17.0 Å². The molecular weight excluding hydrogens is 805 g/mol. The third-order valence-electron chi connectivity index (χ3n) is 10.7. The average Bonchev–Trinajstić information content (AvgIpc) is 3.98. The number of pyridine rings is 1. The van der Waals surface area contributed by atoms with Gasteiger partial charge in [0, 0.05) is 37.6 Å². The molecule has 0 bridgehead atoms. The molecule has 1 unspecified atom stereocenters. The maximum atomic E-state index is 13.1. The Balaban J connectivity index is 0.805. The Morgan fingerprint density at radius 3 is 2.62 bits per heavy atom. The van der Waals surface area contributed by atoms with Crippen molar-refractivity contribution < 1.29 is 45.9 Å². The number of aromatic nitrogens is 5. The van der Waals surface area contributed by atoms with Crippen LogP contribution in [0.25, 0.3) is 22.6 Å². The van der Waals surface area contributed by atoms with Crippen molar-refractivity contribution in [3.8, 4) is 11.5 Å². The molecule has 1 saturated carbocycles. The first-order valence-corrected chi connectivity index (χ1v) is 20.0. The summed E-state index contributed by atoms with van der Waals surface area (Å²) in [6.07, 6.45) is 5.53. The zero-order chi connectivity index (χ0) is 43.1. The van der Waals surface area contributed by atoms with Crippen molar-refractivity contribution in [1.82, 2.24) is 34.9 Å². The smallest absolute Gasteiger partial charge is 0.420 e. The number of nitrogens with one attached hydrogen (secondary N) is 4. The van der Waals surface area contributed by atoms with Gasteiger partial charge in [-0.2, -0.15) is 18.3 Å². The number of carbonyl (C=O) groups is 4. The number of benzene rings is 1. The summed E-state index contributed by atoms with van der Waals surface area (Å²) in [6.45, 7) is 1.47. The number of alkyl halides is 3. The number of anilines is 2. The summed E-state index contributed by atoms with van der Waals surface area (Å²) in [4.78, 5) is 70.1. The Morgan fingerprint density at radius 1 is 1.05 bits per heavy atom. The second-order valence-corrected chi connectivity index (χ2v) is 15.0. The lowest BCUT2D eigenvalue weighted by Gasteiger charge is -2.28. The van der Waals surface area contributed by atoms with E-state index >= 15 is 0 Å². The average molecular weight is 851 g/mol. The summed E-state index contributed by atoms with van der Waals surface area (Å²) >= 11 is 0. The number of amides is 4. The zero-order valence-electron chi connectivity index (χ0n) is 33.0. The number of carbonyl (C=O) groups excluding carboxylic acids is 4. The molecule has 1 aromatic carbocycles. The number of fused-ring (bicyclic) bond motifs is 1. The van der Waals surface area contributed by atoms with Crippen molar-refractivity contribution in [2.45, 2.75) is 76.0 Å². The quantitative estimate of drug-likeness (QED) is 0.0603.